The van der Waals surface area contributed by atoms with E-state index in [0.29, 0.717) is 17.7 Å². The van der Waals surface area contributed by atoms with E-state index in [0.717, 1.165) is 31.1 Å². The molecular weight excluding hydrogens is 386 g/mol. The van der Waals surface area contributed by atoms with Crippen LogP contribution in [0.5, 0.6) is 0 Å². The van der Waals surface area contributed by atoms with Gasteiger partial charge in [0.15, 0.2) is 0 Å². The highest BCUT2D eigenvalue weighted by atomic mass is 32.2. The summed E-state index contributed by atoms with van der Waals surface area (Å²) >= 11 is 0. The van der Waals surface area contributed by atoms with Crippen molar-refractivity contribution in [3.05, 3.63) is 64.7 Å². The van der Waals surface area contributed by atoms with Gasteiger partial charge in [0, 0.05) is 18.7 Å². The minimum atomic E-state index is -3.85. The number of carbonyl (C=O) groups excluding carboxylic acids is 1. The molecule has 3 rings (SSSR count). The molecule has 0 unspecified atom stereocenters. The number of hydrogen-bond donors (Lipinski definition) is 2. The highest BCUT2D eigenvalue weighted by Gasteiger charge is 2.16. The number of likely N-dealkylation sites (tertiary alicyclic amines) is 1. The van der Waals surface area contributed by atoms with Crippen LogP contribution >= 0.6 is 0 Å². The topological polar surface area (TPSA) is 92.5 Å². The zero-order chi connectivity index (χ0) is 21.0. The Morgan fingerprint density at radius 1 is 1.10 bits per heavy atom. The van der Waals surface area contributed by atoms with E-state index in [9.17, 15) is 13.2 Å². The van der Waals surface area contributed by atoms with Crippen molar-refractivity contribution in [2.24, 2.45) is 11.1 Å². The van der Waals surface area contributed by atoms with Crippen molar-refractivity contribution in [3.63, 3.8) is 0 Å². The first-order valence-corrected chi connectivity index (χ1v) is 11.5. The quantitative estimate of drug-likeness (QED) is 0.759. The van der Waals surface area contributed by atoms with Gasteiger partial charge in [-0.3, -0.25) is 9.69 Å². The van der Waals surface area contributed by atoms with E-state index in [-0.39, 0.29) is 10.8 Å². The standard InChI is InChI=1S/C22H29N3O3S/c1-16-9-11-25(12-10-16)15-19-6-4-18(5-7-19)14-24-22(26)21-13-20(29(23,27)28)8-3-17(21)2/h3-8,13,16H,9-12,14-15H2,1-2H3,(H,24,26)(H2,23,27,28). The van der Waals surface area contributed by atoms with Gasteiger partial charge in [0.25, 0.3) is 5.91 Å². The van der Waals surface area contributed by atoms with Crippen molar-refractivity contribution >= 4 is 15.9 Å². The lowest BCUT2D eigenvalue weighted by Gasteiger charge is -2.30. The van der Waals surface area contributed by atoms with Gasteiger partial charge in [0.2, 0.25) is 10.0 Å². The third-order valence-electron chi connectivity index (χ3n) is 5.54. The van der Waals surface area contributed by atoms with Gasteiger partial charge in [-0.25, -0.2) is 13.6 Å². The Labute approximate surface area is 173 Å². The fourth-order valence-corrected chi connectivity index (χ4v) is 4.08. The van der Waals surface area contributed by atoms with Gasteiger partial charge in [-0.05, 0) is 67.6 Å². The summed E-state index contributed by atoms with van der Waals surface area (Å²) in [5.74, 6) is 0.506. The van der Waals surface area contributed by atoms with Crippen LogP contribution < -0.4 is 10.5 Å². The van der Waals surface area contributed by atoms with Crippen LogP contribution in [0.25, 0.3) is 0 Å². The Kier molecular flexibility index (Phi) is 6.72. The molecule has 29 heavy (non-hydrogen) atoms. The van der Waals surface area contributed by atoms with Gasteiger partial charge >= 0.3 is 0 Å². The van der Waals surface area contributed by atoms with E-state index in [4.69, 9.17) is 5.14 Å². The van der Waals surface area contributed by atoms with Gasteiger partial charge in [-0.1, -0.05) is 37.3 Å². The molecular formula is C22H29N3O3S. The summed E-state index contributed by atoms with van der Waals surface area (Å²) in [7, 11) is -3.85. The van der Waals surface area contributed by atoms with Gasteiger partial charge in [-0.2, -0.15) is 0 Å². The normalized spacial score (nSPS) is 16.0. The first-order valence-electron chi connectivity index (χ1n) is 9.94. The maximum atomic E-state index is 12.5. The summed E-state index contributed by atoms with van der Waals surface area (Å²) in [5, 5.41) is 8.02. The van der Waals surface area contributed by atoms with Gasteiger partial charge in [0.05, 0.1) is 4.90 Å². The van der Waals surface area contributed by atoms with Crippen molar-refractivity contribution in [1.29, 1.82) is 0 Å². The first kappa shape index (κ1) is 21.5. The van der Waals surface area contributed by atoms with Crippen LogP contribution in [0.3, 0.4) is 0 Å². The van der Waals surface area contributed by atoms with Gasteiger partial charge < -0.3 is 5.32 Å². The summed E-state index contributed by atoms with van der Waals surface area (Å²) in [6, 6.07) is 12.6. The summed E-state index contributed by atoms with van der Waals surface area (Å²) in [6.07, 6.45) is 2.52. The van der Waals surface area contributed by atoms with Crippen LogP contribution in [0.15, 0.2) is 47.4 Å². The Morgan fingerprint density at radius 3 is 2.34 bits per heavy atom. The molecule has 1 heterocycles. The lowest BCUT2D eigenvalue weighted by atomic mass is 9.99. The molecule has 3 N–H and O–H groups in total. The molecule has 1 aliphatic rings. The summed E-state index contributed by atoms with van der Waals surface area (Å²) < 4.78 is 23.1. The van der Waals surface area contributed by atoms with Crippen molar-refractivity contribution in [3.8, 4) is 0 Å². The van der Waals surface area contributed by atoms with Crippen LogP contribution in [-0.2, 0) is 23.1 Å². The molecule has 2 aromatic carbocycles. The Hall–Kier alpha value is -2.22. The number of nitrogens with one attached hydrogen (secondary N) is 1. The molecule has 156 valence electrons. The maximum Gasteiger partial charge on any atom is 0.251 e. The lowest BCUT2D eigenvalue weighted by Crippen LogP contribution is -2.32. The Morgan fingerprint density at radius 2 is 1.72 bits per heavy atom. The van der Waals surface area contributed by atoms with Crippen LogP contribution in [0, 0.1) is 12.8 Å². The average Bonchev–Trinajstić information content (AvgIpc) is 2.68. The Balaban J connectivity index is 1.58. The minimum absolute atomic E-state index is 0.0651. The number of nitrogens with zero attached hydrogens (tertiary/aromatic N) is 1. The van der Waals surface area contributed by atoms with Crippen LogP contribution in [0.1, 0.15) is 46.8 Å². The fourth-order valence-electron chi connectivity index (χ4n) is 3.54. The van der Waals surface area contributed by atoms with E-state index in [1.54, 1.807) is 13.0 Å². The van der Waals surface area contributed by atoms with Crippen molar-refractivity contribution in [2.45, 2.75) is 44.7 Å². The second-order valence-electron chi connectivity index (χ2n) is 7.98. The lowest BCUT2D eigenvalue weighted by molar-refractivity contribution is 0.0950. The third kappa shape index (κ3) is 5.88. The fraction of sp³-hybridized carbons (Fsp3) is 0.409. The molecule has 0 aromatic heterocycles. The molecule has 1 aliphatic heterocycles. The number of hydrogen-bond acceptors (Lipinski definition) is 4. The molecule has 2 aromatic rings. The molecule has 0 bridgehead atoms. The molecule has 0 saturated carbocycles. The zero-order valence-electron chi connectivity index (χ0n) is 17.0. The molecule has 1 fully saturated rings. The molecule has 1 amide bonds. The van der Waals surface area contributed by atoms with Gasteiger partial charge in [0.1, 0.15) is 0 Å². The monoisotopic (exact) mass is 415 g/mol. The first-order chi connectivity index (χ1) is 13.7. The number of rotatable bonds is 6. The Bertz CT molecular complexity index is 963. The largest absolute Gasteiger partial charge is 0.348 e. The number of piperidine rings is 1. The third-order valence-corrected chi connectivity index (χ3v) is 6.45. The number of primary sulfonamides is 1. The number of aryl methyl sites for hydroxylation is 1. The van der Waals surface area contributed by atoms with Crippen LogP contribution in [-0.4, -0.2) is 32.3 Å². The predicted molar refractivity (Wildman–Crippen MR) is 114 cm³/mol. The van der Waals surface area contributed by atoms with Crippen LogP contribution in [0.4, 0.5) is 0 Å². The number of amides is 1. The second-order valence-corrected chi connectivity index (χ2v) is 9.54. The van der Waals surface area contributed by atoms with Crippen LogP contribution in [0.2, 0.25) is 0 Å². The second kappa shape index (κ2) is 9.07. The van der Waals surface area contributed by atoms with Crippen molar-refractivity contribution in [1.82, 2.24) is 10.2 Å². The molecule has 0 radical (unpaired) electrons. The highest BCUT2D eigenvalue weighted by molar-refractivity contribution is 7.89. The summed E-state index contributed by atoms with van der Waals surface area (Å²) in [4.78, 5) is 14.9. The minimum Gasteiger partial charge on any atom is -0.348 e. The van der Waals surface area contributed by atoms with E-state index in [1.165, 1.54) is 30.5 Å². The van der Waals surface area contributed by atoms with E-state index in [1.807, 2.05) is 12.1 Å². The summed E-state index contributed by atoms with van der Waals surface area (Å²) in [5.41, 5.74) is 3.27. The number of carbonyl (C=O) groups is 1. The smallest absolute Gasteiger partial charge is 0.251 e. The molecule has 0 atom stereocenters. The molecule has 0 spiro atoms. The molecule has 7 heteroatoms. The van der Waals surface area contributed by atoms with Gasteiger partial charge in [-0.15, -0.1) is 0 Å². The number of benzene rings is 2. The van der Waals surface area contributed by atoms with Crippen molar-refractivity contribution < 1.29 is 13.2 Å². The van der Waals surface area contributed by atoms with Crippen molar-refractivity contribution in [2.75, 3.05) is 13.1 Å². The average molecular weight is 416 g/mol. The number of sulfonamides is 1. The summed E-state index contributed by atoms with van der Waals surface area (Å²) in [6.45, 7) is 7.70. The van der Waals surface area contributed by atoms with E-state index >= 15 is 0 Å². The zero-order valence-corrected chi connectivity index (χ0v) is 17.8. The predicted octanol–water partition coefficient (Wildman–Crippen LogP) is 2.80. The molecule has 6 nitrogen and oxygen atoms in total. The molecule has 1 saturated heterocycles. The SMILES string of the molecule is Cc1ccc(S(N)(=O)=O)cc1C(=O)NCc1ccc(CN2CCC(C)CC2)cc1. The maximum absolute atomic E-state index is 12.5. The highest BCUT2D eigenvalue weighted by Crippen LogP contribution is 2.18. The number of nitrogens with two attached hydrogens (primary N) is 1. The van der Waals surface area contributed by atoms with E-state index in [2.05, 4.69) is 29.3 Å². The molecule has 0 aliphatic carbocycles. The van der Waals surface area contributed by atoms with E-state index < -0.39 is 10.0 Å².